The fourth-order valence-corrected chi connectivity index (χ4v) is 3.40. The third kappa shape index (κ3) is 2.44. The molecule has 0 aliphatic heterocycles. The summed E-state index contributed by atoms with van der Waals surface area (Å²) in [6, 6.07) is 11.4. The monoisotopic (exact) mass is 355 g/mol. The molecule has 0 unspecified atom stereocenters. The van der Waals surface area contributed by atoms with E-state index in [9.17, 15) is 13.2 Å². The largest absolute Gasteiger partial charge is 0.416 e. The molecule has 0 saturated heterocycles. The maximum absolute atomic E-state index is 13.2. The van der Waals surface area contributed by atoms with Gasteiger partial charge < -0.3 is 0 Å². The van der Waals surface area contributed by atoms with Crippen LogP contribution in [0.1, 0.15) is 22.5 Å². The van der Waals surface area contributed by atoms with Gasteiger partial charge in [0.1, 0.15) is 5.82 Å². The zero-order chi connectivity index (χ0) is 18.6. The molecule has 0 atom stereocenters. The van der Waals surface area contributed by atoms with Gasteiger partial charge in [-0.1, -0.05) is 24.3 Å². The van der Waals surface area contributed by atoms with Crippen molar-refractivity contribution < 1.29 is 13.2 Å². The zero-order valence-electron chi connectivity index (χ0n) is 14.5. The predicted octanol–water partition coefficient (Wildman–Crippen LogP) is 5.49. The fraction of sp³-hybridized carbons (Fsp3) is 0.200. The molecule has 2 heterocycles. The number of hydrogen-bond donors (Lipinski definition) is 0. The molecule has 2 aromatic heterocycles. The zero-order valence-corrected chi connectivity index (χ0v) is 14.5. The highest BCUT2D eigenvalue weighted by molar-refractivity contribution is 5.84. The minimum absolute atomic E-state index is 0.402. The number of nitrogens with zero attached hydrogens (tertiary/aromatic N) is 3. The molecule has 0 aliphatic rings. The number of benzene rings is 2. The molecule has 0 radical (unpaired) electrons. The number of aryl methyl sites for hydroxylation is 3. The van der Waals surface area contributed by atoms with E-state index in [4.69, 9.17) is 0 Å². The minimum atomic E-state index is -4.41. The standard InChI is InChI=1S/C20H16F3N3/c1-11-6-4-5-7-15(11)19-25-13(3)18-12(2)24-16-9-8-14(20(21,22)23)10-17(16)26(18)19/h4-10H,1-3H3. The van der Waals surface area contributed by atoms with Crippen molar-refractivity contribution in [3.63, 3.8) is 0 Å². The van der Waals surface area contributed by atoms with Crippen LogP contribution in [0.5, 0.6) is 0 Å². The Morgan fingerprint density at radius 2 is 1.58 bits per heavy atom. The van der Waals surface area contributed by atoms with Gasteiger partial charge in [0.15, 0.2) is 0 Å². The molecule has 0 bridgehead atoms. The van der Waals surface area contributed by atoms with Crippen LogP contribution < -0.4 is 0 Å². The van der Waals surface area contributed by atoms with Gasteiger partial charge in [-0.2, -0.15) is 13.2 Å². The molecule has 0 saturated carbocycles. The summed E-state index contributed by atoms with van der Waals surface area (Å²) < 4.78 is 41.5. The van der Waals surface area contributed by atoms with Gasteiger partial charge in [-0.25, -0.2) is 9.97 Å². The third-order valence-electron chi connectivity index (χ3n) is 4.61. The van der Waals surface area contributed by atoms with Crippen molar-refractivity contribution in [2.24, 2.45) is 0 Å². The van der Waals surface area contributed by atoms with E-state index in [1.807, 2.05) is 45.0 Å². The summed E-state index contributed by atoms with van der Waals surface area (Å²) in [4.78, 5) is 9.15. The normalized spacial score (nSPS) is 12.2. The first kappa shape index (κ1) is 16.6. The van der Waals surface area contributed by atoms with Crippen molar-refractivity contribution in [1.29, 1.82) is 0 Å². The fourth-order valence-electron chi connectivity index (χ4n) is 3.40. The molecule has 4 aromatic rings. The number of rotatable bonds is 1. The van der Waals surface area contributed by atoms with E-state index < -0.39 is 11.7 Å². The highest BCUT2D eigenvalue weighted by Gasteiger charge is 2.31. The maximum atomic E-state index is 13.2. The first-order chi connectivity index (χ1) is 12.3. The number of alkyl halides is 3. The summed E-state index contributed by atoms with van der Waals surface area (Å²) in [6.45, 7) is 5.66. The molecule has 3 nitrogen and oxygen atoms in total. The molecule has 26 heavy (non-hydrogen) atoms. The molecule has 0 amide bonds. The van der Waals surface area contributed by atoms with Gasteiger partial charge in [0.05, 0.1) is 33.5 Å². The van der Waals surface area contributed by atoms with E-state index in [-0.39, 0.29) is 0 Å². The molecule has 0 spiro atoms. The lowest BCUT2D eigenvalue weighted by molar-refractivity contribution is -0.137. The highest BCUT2D eigenvalue weighted by Crippen LogP contribution is 2.34. The van der Waals surface area contributed by atoms with Crippen molar-refractivity contribution in [2.45, 2.75) is 26.9 Å². The molecule has 2 aromatic carbocycles. The van der Waals surface area contributed by atoms with E-state index in [1.165, 1.54) is 6.07 Å². The second-order valence-corrected chi connectivity index (χ2v) is 6.42. The number of aromatic nitrogens is 3. The molecular formula is C20H16F3N3. The minimum Gasteiger partial charge on any atom is -0.289 e. The Hall–Kier alpha value is -2.89. The van der Waals surface area contributed by atoms with E-state index in [2.05, 4.69) is 9.97 Å². The van der Waals surface area contributed by atoms with Crippen molar-refractivity contribution in [3.8, 4) is 11.4 Å². The molecule has 0 fully saturated rings. The Bertz CT molecular complexity index is 1160. The van der Waals surface area contributed by atoms with Crippen LogP contribution >= 0.6 is 0 Å². The van der Waals surface area contributed by atoms with Gasteiger partial charge in [-0.15, -0.1) is 0 Å². The Labute approximate surface area is 148 Å². The Kier molecular flexibility index (Phi) is 3.54. The van der Waals surface area contributed by atoms with Crippen molar-refractivity contribution >= 4 is 16.6 Å². The lowest BCUT2D eigenvalue weighted by Gasteiger charge is -2.12. The molecule has 132 valence electrons. The quantitative estimate of drug-likeness (QED) is 0.452. The summed E-state index contributed by atoms with van der Waals surface area (Å²) in [6.07, 6.45) is -4.41. The SMILES string of the molecule is Cc1ccccc1-c1nc(C)c2c(C)nc3ccc(C(F)(F)F)cc3n12. The lowest BCUT2D eigenvalue weighted by atomic mass is 10.1. The van der Waals surface area contributed by atoms with Crippen molar-refractivity contribution in [3.05, 3.63) is 65.0 Å². The summed E-state index contributed by atoms with van der Waals surface area (Å²) in [5.41, 5.74) is 4.34. The first-order valence-corrected chi connectivity index (χ1v) is 8.20. The van der Waals surface area contributed by atoms with Gasteiger partial charge in [0, 0.05) is 5.56 Å². The molecular weight excluding hydrogens is 339 g/mol. The summed E-state index contributed by atoms with van der Waals surface area (Å²) in [7, 11) is 0. The second kappa shape index (κ2) is 5.56. The van der Waals surface area contributed by atoms with Crippen LogP contribution in [0.2, 0.25) is 0 Å². The van der Waals surface area contributed by atoms with Crippen LogP contribution in [0.3, 0.4) is 0 Å². The lowest BCUT2D eigenvalue weighted by Crippen LogP contribution is -2.06. The number of fused-ring (bicyclic) bond motifs is 3. The third-order valence-corrected chi connectivity index (χ3v) is 4.61. The molecule has 0 N–H and O–H groups in total. The van der Waals surface area contributed by atoms with Crippen LogP contribution in [-0.2, 0) is 6.18 Å². The highest BCUT2D eigenvalue weighted by atomic mass is 19.4. The number of halogens is 3. The van der Waals surface area contributed by atoms with Crippen LogP contribution in [0.25, 0.3) is 27.9 Å². The van der Waals surface area contributed by atoms with Crippen molar-refractivity contribution in [1.82, 2.24) is 14.4 Å². The van der Waals surface area contributed by atoms with Crippen LogP contribution in [0.15, 0.2) is 42.5 Å². The second-order valence-electron chi connectivity index (χ2n) is 6.42. The first-order valence-electron chi connectivity index (χ1n) is 8.20. The summed E-state index contributed by atoms with van der Waals surface area (Å²) in [5, 5.41) is 0. The Morgan fingerprint density at radius 1 is 0.885 bits per heavy atom. The topological polar surface area (TPSA) is 30.2 Å². The van der Waals surface area contributed by atoms with Gasteiger partial charge >= 0.3 is 6.18 Å². The average molecular weight is 355 g/mol. The van der Waals surface area contributed by atoms with Crippen LogP contribution in [0.4, 0.5) is 13.2 Å². The van der Waals surface area contributed by atoms with Gasteiger partial charge in [0.25, 0.3) is 0 Å². The maximum Gasteiger partial charge on any atom is 0.416 e. The Morgan fingerprint density at radius 3 is 2.27 bits per heavy atom. The van der Waals surface area contributed by atoms with E-state index in [1.54, 1.807) is 4.40 Å². The van der Waals surface area contributed by atoms with Crippen LogP contribution in [0, 0.1) is 20.8 Å². The van der Waals surface area contributed by atoms with Gasteiger partial charge in [0.2, 0.25) is 0 Å². The van der Waals surface area contributed by atoms with Gasteiger partial charge in [-0.05, 0) is 44.5 Å². The average Bonchev–Trinajstić information content (AvgIpc) is 2.92. The van der Waals surface area contributed by atoms with Crippen LogP contribution in [-0.4, -0.2) is 14.4 Å². The van der Waals surface area contributed by atoms with Gasteiger partial charge in [-0.3, -0.25) is 4.40 Å². The van der Waals surface area contributed by atoms with E-state index in [0.717, 1.165) is 40.2 Å². The number of imidazole rings is 1. The van der Waals surface area contributed by atoms with Crippen molar-refractivity contribution in [2.75, 3.05) is 0 Å². The Balaban J connectivity index is 2.19. The summed E-state index contributed by atoms with van der Waals surface area (Å²) in [5.74, 6) is 0.630. The number of hydrogen-bond acceptors (Lipinski definition) is 2. The molecule has 0 aliphatic carbocycles. The molecule has 4 rings (SSSR count). The molecule has 6 heteroatoms. The predicted molar refractivity (Wildman–Crippen MR) is 95.1 cm³/mol. The smallest absolute Gasteiger partial charge is 0.289 e. The van der Waals surface area contributed by atoms with E-state index >= 15 is 0 Å². The summed E-state index contributed by atoms with van der Waals surface area (Å²) >= 11 is 0. The van der Waals surface area contributed by atoms with E-state index in [0.29, 0.717) is 16.9 Å².